The fourth-order valence-corrected chi connectivity index (χ4v) is 2.16. The highest BCUT2D eigenvalue weighted by Crippen LogP contribution is 2.14. The molecule has 78 valence electrons. The van der Waals surface area contributed by atoms with Crippen LogP contribution >= 0.6 is 0 Å². The third kappa shape index (κ3) is 3.12. The Kier molecular flexibility index (Phi) is 4.62. The minimum absolute atomic E-state index is 0.585. The third-order valence-corrected chi connectivity index (χ3v) is 3.31. The van der Waals surface area contributed by atoms with Gasteiger partial charge in [0.15, 0.2) is 0 Å². The first-order chi connectivity index (χ1) is 6.77. The number of rotatable bonds is 5. The minimum Gasteiger partial charge on any atom is -0.497 e. The first kappa shape index (κ1) is 11.2. The van der Waals surface area contributed by atoms with E-state index in [-0.39, 0.29) is 0 Å². The van der Waals surface area contributed by atoms with Crippen LogP contribution in [0.4, 0.5) is 0 Å². The van der Waals surface area contributed by atoms with Gasteiger partial charge in [-0.1, -0.05) is 0 Å². The molecule has 1 atom stereocenters. The van der Waals surface area contributed by atoms with E-state index in [0.29, 0.717) is 12.3 Å². The first-order valence-corrected chi connectivity index (χ1v) is 5.82. The lowest BCUT2D eigenvalue weighted by Gasteiger charge is -2.02. The molecule has 0 radical (unpaired) electrons. The molecule has 1 aromatic rings. The number of benzene rings is 1. The van der Waals surface area contributed by atoms with Crippen molar-refractivity contribution >= 4 is 10.8 Å². The van der Waals surface area contributed by atoms with E-state index in [2.05, 4.69) is 0 Å². The molecule has 14 heavy (non-hydrogen) atoms. The van der Waals surface area contributed by atoms with Gasteiger partial charge in [-0.15, -0.1) is 0 Å². The van der Waals surface area contributed by atoms with Crippen LogP contribution in [0.15, 0.2) is 29.2 Å². The second-order valence-corrected chi connectivity index (χ2v) is 4.44. The van der Waals surface area contributed by atoms with Crippen LogP contribution in [0.1, 0.15) is 6.42 Å². The molecular weight excluding hydrogens is 198 g/mol. The zero-order chi connectivity index (χ0) is 10.4. The normalized spacial score (nSPS) is 12.4. The average Bonchev–Trinajstić information content (AvgIpc) is 2.26. The molecule has 1 unspecified atom stereocenters. The quantitative estimate of drug-likeness (QED) is 0.798. The van der Waals surface area contributed by atoms with Crippen molar-refractivity contribution < 1.29 is 8.95 Å². The van der Waals surface area contributed by atoms with Gasteiger partial charge in [-0.05, 0) is 37.2 Å². The van der Waals surface area contributed by atoms with Crippen molar-refractivity contribution in [2.45, 2.75) is 11.3 Å². The van der Waals surface area contributed by atoms with Crippen LogP contribution in [0.3, 0.4) is 0 Å². The van der Waals surface area contributed by atoms with Gasteiger partial charge in [0.1, 0.15) is 5.75 Å². The molecule has 0 fully saturated rings. The highest BCUT2D eigenvalue weighted by molar-refractivity contribution is 7.85. The van der Waals surface area contributed by atoms with Gasteiger partial charge in [-0.3, -0.25) is 4.21 Å². The Morgan fingerprint density at radius 1 is 1.36 bits per heavy atom. The summed E-state index contributed by atoms with van der Waals surface area (Å²) in [4.78, 5) is 0.833. The Balaban J connectivity index is 2.62. The van der Waals surface area contributed by atoms with Gasteiger partial charge >= 0.3 is 0 Å². The van der Waals surface area contributed by atoms with Gasteiger partial charge in [-0.2, -0.15) is 0 Å². The van der Waals surface area contributed by atoms with Crippen molar-refractivity contribution in [1.29, 1.82) is 0 Å². The molecule has 0 saturated heterocycles. The van der Waals surface area contributed by atoms with Crippen LogP contribution in [-0.2, 0) is 10.8 Å². The fraction of sp³-hybridized carbons (Fsp3) is 0.400. The molecule has 3 nitrogen and oxygen atoms in total. The molecule has 0 saturated carbocycles. The van der Waals surface area contributed by atoms with Crippen LogP contribution in [0.2, 0.25) is 0 Å². The Labute approximate surface area is 86.7 Å². The molecule has 1 aromatic carbocycles. The van der Waals surface area contributed by atoms with Crippen LogP contribution in [0, 0.1) is 0 Å². The zero-order valence-corrected chi connectivity index (χ0v) is 9.05. The number of hydrogen-bond acceptors (Lipinski definition) is 3. The van der Waals surface area contributed by atoms with Crippen molar-refractivity contribution in [3.8, 4) is 5.75 Å². The Morgan fingerprint density at radius 3 is 2.50 bits per heavy atom. The standard InChI is InChI=1S/C10H15NO2S/c1-13-9-3-5-10(6-4-9)14(12)8-2-7-11/h3-6H,2,7-8,11H2,1H3. The summed E-state index contributed by atoms with van der Waals surface area (Å²) in [5, 5.41) is 0. The largest absolute Gasteiger partial charge is 0.497 e. The highest BCUT2D eigenvalue weighted by atomic mass is 32.2. The lowest BCUT2D eigenvalue weighted by molar-refractivity contribution is 0.414. The topological polar surface area (TPSA) is 52.3 Å². The van der Waals surface area contributed by atoms with E-state index in [1.807, 2.05) is 24.3 Å². The van der Waals surface area contributed by atoms with Crippen LogP contribution < -0.4 is 10.5 Å². The summed E-state index contributed by atoms with van der Waals surface area (Å²) in [6, 6.07) is 7.28. The average molecular weight is 213 g/mol. The fourth-order valence-electron chi connectivity index (χ4n) is 1.06. The van der Waals surface area contributed by atoms with E-state index in [9.17, 15) is 4.21 Å². The lowest BCUT2D eigenvalue weighted by atomic mass is 10.3. The van der Waals surface area contributed by atoms with Gasteiger partial charge in [0.05, 0.1) is 17.9 Å². The van der Waals surface area contributed by atoms with Gasteiger partial charge in [-0.25, -0.2) is 0 Å². The third-order valence-electron chi connectivity index (χ3n) is 1.86. The minimum atomic E-state index is -0.929. The predicted molar refractivity (Wildman–Crippen MR) is 57.9 cm³/mol. The Hall–Kier alpha value is -0.870. The summed E-state index contributed by atoms with van der Waals surface area (Å²) in [7, 11) is 0.682. The SMILES string of the molecule is COc1ccc(S(=O)CCCN)cc1. The predicted octanol–water partition coefficient (Wildman–Crippen LogP) is 1.15. The smallest absolute Gasteiger partial charge is 0.118 e. The summed E-state index contributed by atoms with van der Waals surface area (Å²) < 4.78 is 16.6. The summed E-state index contributed by atoms with van der Waals surface area (Å²) in [6.45, 7) is 0.585. The van der Waals surface area contributed by atoms with E-state index < -0.39 is 10.8 Å². The Bertz CT molecular complexity index is 297. The molecule has 0 aliphatic carbocycles. The van der Waals surface area contributed by atoms with Gasteiger partial charge < -0.3 is 10.5 Å². The molecule has 0 aliphatic heterocycles. The maximum absolute atomic E-state index is 11.6. The van der Waals surface area contributed by atoms with E-state index in [1.165, 1.54) is 0 Å². The van der Waals surface area contributed by atoms with Crippen LogP contribution in [-0.4, -0.2) is 23.6 Å². The van der Waals surface area contributed by atoms with Crippen molar-refractivity contribution in [2.24, 2.45) is 5.73 Å². The van der Waals surface area contributed by atoms with Crippen molar-refractivity contribution in [2.75, 3.05) is 19.4 Å². The van der Waals surface area contributed by atoms with Crippen molar-refractivity contribution in [1.82, 2.24) is 0 Å². The molecule has 0 heterocycles. The first-order valence-electron chi connectivity index (χ1n) is 4.50. The molecule has 4 heteroatoms. The molecule has 0 aliphatic rings. The van der Waals surface area contributed by atoms with Gasteiger partial charge in [0.2, 0.25) is 0 Å². The van der Waals surface area contributed by atoms with Gasteiger partial charge in [0, 0.05) is 10.6 Å². The van der Waals surface area contributed by atoms with E-state index in [4.69, 9.17) is 10.5 Å². The monoisotopic (exact) mass is 213 g/mol. The van der Waals surface area contributed by atoms with Crippen LogP contribution in [0.25, 0.3) is 0 Å². The highest BCUT2D eigenvalue weighted by Gasteiger charge is 2.02. The molecule has 0 spiro atoms. The molecule has 0 aromatic heterocycles. The maximum Gasteiger partial charge on any atom is 0.118 e. The summed E-state index contributed by atoms with van der Waals surface area (Å²) in [5.41, 5.74) is 5.35. The molecule has 0 amide bonds. The van der Waals surface area contributed by atoms with Crippen molar-refractivity contribution in [3.63, 3.8) is 0 Å². The number of methoxy groups -OCH3 is 1. The van der Waals surface area contributed by atoms with E-state index >= 15 is 0 Å². The number of ether oxygens (including phenoxy) is 1. The van der Waals surface area contributed by atoms with Gasteiger partial charge in [0.25, 0.3) is 0 Å². The molecule has 0 bridgehead atoms. The molecule has 2 N–H and O–H groups in total. The maximum atomic E-state index is 11.6. The van der Waals surface area contributed by atoms with E-state index in [1.54, 1.807) is 7.11 Å². The van der Waals surface area contributed by atoms with Crippen molar-refractivity contribution in [3.05, 3.63) is 24.3 Å². The summed E-state index contributed by atoms with van der Waals surface area (Å²) >= 11 is 0. The number of nitrogens with two attached hydrogens (primary N) is 1. The van der Waals surface area contributed by atoms with Crippen LogP contribution in [0.5, 0.6) is 5.75 Å². The number of hydrogen-bond donors (Lipinski definition) is 1. The second-order valence-electron chi connectivity index (χ2n) is 2.87. The zero-order valence-electron chi connectivity index (χ0n) is 8.23. The Morgan fingerprint density at radius 2 is 2.00 bits per heavy atom. The van der Waals surface area contributed by atoms with E-state index in [0.717, 1.165) is 17.1 Å². The summed E-state index contributed by atoms with van der Waals surface area (Å²) in [6.07, 6.45) is 0.790. The molecule has 1 rings (SSSR count). The second kappa shape index (κ2) is 5.78. The summed E-state index contributed by atoms with van der Waals surface area (Å²) in [5.74, 6) is 1.41. The lowest BCUT2D eigenvalue weighted by Crippen LogP contribution is -2.05. The molecular formula is C10H15NO2S.